The van der Waals surface area contributed by atoms with Crippen molar-refractivity contribution in [2.24, 2.45) is 0 Å². The van der Waals surface area contributed by atoms with Gasteiger partial charge in [0.05, 0.1) is 24.9 Å². The second-order valence-corrected chi connectivity index (χ2v) is 5.63. The first-order chi connectivity index (χ1) is 12.6. The van der Waals surface area contributed by atoms with Crippen LogP contribution in [0.2, 0.25) is 5.02 Å². The van der Waals surface area contributed by atoms with Gasteiger partial charge in [-0.1, -0.05) is 11.6 Å². The molecule has 0 fully saturated rings. The predicted octanol–water partition coefficient (Wildman–Crippen LogP) is 2.85. The fourth-order valence-corrected chi connectivity index (χ4v) is 2.36. The number of nitrogens with zero attached hydrogens (tertiary/aromatic N) is 2. The Hall–Kier alpha value is -2.58. The second-order valence-electron chi connectivity index (χ2n) is 5.22. The maximum Gasteiger partial charge on any atom is 0.276 e. The molecule has 0 radical (unpaired) electrons. The zero-order valence-corrected chi connectivity index (χ0v) is 15.6. The summed E-state index contributed by atoms with van der Waals surface area (Å²) in [6, 6.07) is 6.42. The SMILES string of the molecule is COCCCNc1ccc(C(=O)Nc2cc(OC)c(Cl)cc2OC)nn1. The largest absolute Gasteiger partial charge is 0.495 e. The summed E-state index contributed by atoms with van der Waals surface area (Å²) in [7, 11) is 4.62. The number of amides is 1. The molecule has 0 atom stereocenters. The van der Waals surface area contributed by atoms with Gasteiger partial charge in [0.25, 0.3) is 5.91 Å². The molecule has 0 bridgehead atoms. The van der Waals surface area contributed by atoms with Gasteiger partial charge in [-0.25, -0.2) is 0 Å². The van der Waals surface area contributed by atoms with Crippen molar-refractivity contribution < 1.29 is 19.0 Å². The lowest BCUT2D eigenvalue weighted by atomic mass is 10.2. The Kier molecular flexibility index (Phi) is 7.43. The first-order valence-electron chi connectivity index (χ1n) is 7.88. The van der Waals surface area contributed by atoms with E-state index in [4.69, 9.17) is 25.8 Å². The van der Waals surface area contributed by atoms with Gasteiger partial charge in [0, 0.05) is 32.4 Å². The number of anilines is 2. The van der Waals surface area contributed by atoms with E-state index in [-0.39, 0.29) is 5.69 Å². The molecule has 1 heterocycles. The molecule has 0 aliphatic carbocycles. The van der Waals surface area contributed by atoms with Crippen LogP contribution in [0.3, 0.4) is 0 Å². The number of benzene rings is 1. The van der Waals surface area contributed by atoms with Crippen LogP contribution in [0.25, 0.3) is 0 Å². The Morgan fingerprint density at radius 3 is 2.50 bits per heavy atom. The van der Waals surface area contributed by atoms with E-state index < -0.39 is 5.91 Å². The molecule has 2 rings (SSSR count). The van der Waals surface area contributed by atoms with Gasteiger partial charge in [-0.05, 0) is 18.6 Å². The first kappa shape index (κ1) is 19.7. The fraction of sp³-hybridized carbons (Fsp3) is 0.353. The van der Waals surface area contributed by atoms with Crippen LogP contribution in [0.5, 0.6) is 11.5 Å². The predicted molar refractivity (Wildman–Crippen MR) is 99.5 cm³/mol. The smallest absolute Gasteiger partial charge is 0.276 e. The third-order valence-electron chi connectivity index (χ3n) is 3.45. The maximum atomic E-state index is 12.4. The van der Waals surface area contributed by atoms with E-state index in [0.29, 0.717) is 41.2 Å². The summed E-state index contributed by atoms with van der Waals surface area (Å²) >= 11 is 6.06. The highest BCUT2D eigenvalue weighted by molar-refractivity contribution is 6.32. The van der Waals surface area contributed by atoms with Gasteiger partial charge in [-0.3, -0.25) is 4.79 Å². The lowest BCUT2D eigenvalue weighted by Gasteiger charge is -2.13. The van der Waals surface area contributed by atoms with Crippen molar-refractivity contribution in [1.29, 1.82) is 0 Å². The van der Waals surface area contributed by atoms with E-state index in [1.807, 2.05) is 0 Å². The number of halogens is 1. The van der Waals surface area contributed by atoms with Crippen LogP contribution in [0.1, 0.15) is 16.9 Å². The van der Waals surface area contributed by atoms with Crippen molar-refractivity contribution in [3.63, 3.8) is 0 Å². The van der Waals surface area contributed by atoms with Gasteiger partial charge in [0.1, 0.15) is 17.3 Å². The summed E-state index contributed by atoms with van der Waals surface area (Å²) in [6.07, 6.45) is 0.846. The van der Waals surface area contributed by atoms with E-state index in [9.17, 15) is 4.79 Å². The molecule has 2 aromatic rings. The number of carbonyl (C=O) groups excluding carboxylic acids is 1. The van der Waals surface area contributed by atoms with Gasteiger partial charge < -0.3 is 24.8 Å². The number of carbonyl (C=O) groups is 1. The molecule has 1 aromatic carbocycles. The van der Waals surface area contributed by atoms with Crippen LogP contribution < -0.4 is 20.1 Å². The highest BCUT2D eigenvalue weighted by Crippen LogP contribution is 2.35. The average Bonchev–Trinajstić information content (AvgIpc) is 2.66. The Labute approximate surface area is 156 Å². The second kappa shape index (κ2) is 9.79. The lowest BCUT2D eigenvalue weighted by molar-refractivity contribution is 0.102. The number of methoxy groups -OCH3 is 3. The standard InChI is InChI=1S/C17H21ClN4O4/c1-24-8-4-7-19-16-6-5-12(21-22-16)17(23)20-13-10-14(25-2)11(18)9-15(13)26-3/h5-6,9-10H,4,7-8H2,1-3H3,(H,19,22)(H,20,23). The van der Waals surface area contributed by atoms with E-state index in [0.717, 1.165) is 6.42 Å². The molecule has 0 aliphatic rings. The minimum atomic E-state index is -0.425. The summed E-state index contributed by atoms with van der Waals surface area (Å²) in [5, 5.41) is 14.1. The minimum Gasteiger partial charge on any atom is -0.495 e. The topological polar surface area (TPSA) is 94.6 Å². The highest BCUT2D eigenvalue weighted by Gasteiger charge is 2.15. The van der Waals surface area contributed by atoms with Gasteiger partial charge >= 0.3 is 0 Å². The van der Waals surface area contributed by atoms with Crippen molar-refractivity contribution in [2.75, 3.05) is 45.1 Å². The van der Waals surface area contributed by atoms with Crippen LogP contribution in [0.15, 0.2) is 24.3 Å². The number of rotatable bonds is 9. The van der Waals surface area contributed by atoms with E-state index in [2.05, 4.69) is 20.8 Å². The molecule has 9 heteroatoms. The number of aromatic nitrogens is 2. The maximum absolute atomic E-state index is 12.4. The molecule has 0 aliphatic heterocycles. The van der Waals surface area contributed by atoms with Crippen molar-refractivity contribution in [1.82, 2.24) is 10.2 Å². The van der Waals surface area contributed by atoms with Crippen LogP contribution in [0.4, 0.5) is 11.5 Å². The van der Waals surface area contributed by atoms with Crippen LogP contribution in [-0.2, 0) is 4.74 Å². The molecule has 2 N–H and O–H groups in total. The Morgan fingerprint density at radius 2 is 1.88 bits per heavy atom. The normalized spacial score (nSPS) is 10.3. The molecule has 1 aromatic heterocycles. The molecular formula is C17H21ClN4O4. The van der Waals surface area contributed by atoms with Crippen molar-refractivity contribution in [3.05, 3.63) is 35.0 Å². The Bertz CT molecular complexity index is 740. The monoisotopic (exact) mass is 380 g/mol. The third kappa shape index (κ3) is 5.21. The Balaban J connectivity index is 2.05. The van der Waals surface area contributed by atoms with Gasteiger partial charge in [-0.15, -0.1) is 10.2 Å². The summed E-state index contributed by atoms with van der Waals surface area (Å²) < 4.78 is 15.4. The molecule has 8 nitrogen and oxygen atoms in total. The molecule has 1 amide bonds. The van der Waals surface area contributed by atoms with Gasteiger partial charge in [-0.2, -0.15) is 0 Å². The number of nitrogens with one attached hydrogen (secondary N) is 2. The van der Waals surface area contributed by atoms with E-state index in [1.54, 1.807) is 31.4 Å². The van der Waals surface area contributed by atoms with Gasteiger partial charge in [0.2, 0.25) is 0 Å². The molecule has 0 spiro atoms. The molecule has 0 saturated heterocycles. The highest BCUT2D eigenvalue weighted by atomic mass is 35.5. The zero-order chi connectivity index (χ0) is 18.9. The molecule has 26 heavy (non-hydrogen) atoms. The van der Waals surface area contributed by atoms with Crippen LogP contribution >= 0.6 is 11.6 Å². The first-order valence-corrected chi connectivity index (χ1v) is 8.26. The van der Waals surface area contributed by atoms with Crippen molar-refractivity contribution in [3.8, 4) is 11.5 Å². The molecular weight excluding hydrogens is 360 g/mol. The zero-order valence-electron chi connectivity index (χ0n) is 14.8. The molecule has 0 saturated carbocycles. The van der Waals surface area contributed by atoms with E-state index in [1.165, 1.54) is 14.2 Å². The lowest BCUT2D eigenvalue weighted by Crippen LogP contribution is -2.16. The summed E-state index contributed by atoms with van der Waals surface area (Å²) in [5.74, 6) is 0.993. The van der Waals surface area contributed by atoms with Crippen molar-refractivity contribution >= 4 is 29.0 Å². The van der Waals surface area contributed by atoms with Crippen LogP contribution in [0, 0.1) is 0 Å². The summed E-state index contributed by atoms with van der Waals surface area (Å²) in [5.41, 5.74) is 0.589. The quantitative estimate of drug-likeness (QED) is 0.646. The fourth-order valence-electron chi connectivity index (χ4n) is 2.13. The third-order valence-corrected chi connectivity index (χ3v) is 3.75. The number of hydrogen-bond donors (Lipinski definition) is 2. The molecule has 0 unspecified atom stereocenters. The summed E-state index contributed by atoms with van der Waals surface area (Å²) in [6.45, 7) is 1.36. The minimum absolute atomic E-state index is 0.170. The van der Waals surface area contributed by atoms with E-state index >= 15 is 0 Å². The Morgan fingerprint density at radius 1 is 1.12 bits per heavy atom. The van der Waals surface area contributed by atoms with Crippen molar-refractivity contribution in [2.45, 2.75) is 6.42 Å². The number of ether oxygens (including phenoxy) is 3. The summed E-state index contributed by atoms with van der Waals surface area (Å²) in [4.78, 5) is 12.4. The molecule has 140 valence electrons. The van der Waals surface area contributed by atoms with Crippen LogP contribution in [-0.4, -0.2) is 50.6 Å². The number of hydrogen-bond acceptors (Lipinski definition) is 7. The average molecular weight is 381 g/mol. The van der Waals surface area contributed by atoms with Gasteiger partial charge in [0.15, 0.2) is 5.69 Å².